The van der Waals surface area contributed by atoms with Gasteiger partial charge in [0.05, 0.1) is 12.3 Å². The van der Waals surface area contributed by atoms with Crippen LogP contribution in [-0.4, -0.2) is 46.2 Å². The van der Waals surface area contributed by atoms with Crippen molar-refractivity contribution in [2.75, 3.05) is 26.9 Å². The van der Waals surface area contributed by atoms with Crippen molar-refractivity contribution in [2.45, 2.75) is 11.3 Å². The summed E-state index contributed by atoms with van der Waals surface area (Å²) in [4.78, 5) is 15.9. The molecule has 0 bridgehead atoms. The predicted molar refractivity (Wildman–Crippen MR) is 105 cm³/mol. The van der Waals surface area contributed by atoms with Gasteiger partial charge in [-0.2, -0.15) is 0 Å². The van der Waals surface area contributed by atoms with Crippen molar-refractivity contribution < 1.29 is 22.7 Å². The average Bonchev–Trinajstić information content (AvgIpc) is 2.67. The number of benzene rings is 1. The second-order valence-corrected chi connectivity index (χ2v) is 7.33. The Kier molecular flexibility index (Phi) is 8.12. The molecule has 8 nitrogen and oxygen atoms in total. The Morgan fingerprint density at radius 3 is 2.75 bits per heavy atom. The fourth-order valence-corrected chi connectivity index (χ4v) is 3.03. The fourth-order valence-electron chi connectivity index (χ4n) is 2.31. The monoisotopic (exact) mass is 405 g/mol. The standard InChI is InChI=1S/C19H23N3O5S/c1-26-12-13-27-17-7-5-15(14-18(17)28(20,24)25)9-11-22-19(23)8-6-16-4-2-3-10-21-16/h2-8,10,14H,9,11-13H2,1H3,(H,22,23)(H2,20,24,25)/b8-6+. The van der Waals surface area contributed by atoms with Crippen LogP contribution in [0, 0.1) is 0 Å². The first kappa shape index (κ1) is 21.5. The lowest BCUT2D eigenvalue weighted by atomic mass is 10.1. The summed E-state index contributed by atoms with van der Waals surface area (Å²) in [5.74, 6) is -0.0949. The van der Waals surface area contributed by atoms with E-state index in [9.17, 15) is 13.2 Å². The van der Waals surface area contributed by atoms with E-state index in [1.165, 1.54) is 19.3 Å². The van der Waals surface area contributed by atoms with Crippen LogP contribution in [0.2, 0.25) is 0 Å². The van der Waals surface area contributed by atoms with Crippen LogP contribution in [-0.2, 0) is 26.0 Å². The summed E-state index contributed by atoms with van der Waals surface area (Å²) in [6.07, 6.45) is 5.08. The number of amides is 1. The van der Waals surface area contributed by atoms with Gasteiger partial charge in [-0.1, -0.05) is 12.1 Å². The molecule has 0 aliphatic carbocycles. The van der Waals surface area contributed by atoms with Crippen molar-refractivity contribution >= 4 is 22.0 Å². The zero-order valence-corrected chi connectivity index (χ0v) is 16.3. The summed E-state index contributed by atoms with van der Waals surface area (Å²) in [6, 6.07) is 10.1. The highest BCUT2D eigenvalue weighted by Crippen LogP contribution is 2.24. The third kappa shape index (κ3) is 7.10. The first-order chi connectivity index (χ1) is 13.4. The SMILES string of the molecule is COCCOc1ccc(CCNC(=O)/C=C/c2ccccn2)cc1S(N)(=O)=O. The molecule has 0 spiro atoms. The maximum Gasteiger partial charge on any atom is 0.244 e. The number of pyridine rings is 1. The van der Waals surface area contributed by atoms with Gasteiger partial charge >= 0.3 is 0 Å². The van der Waals surface area contributed by atoms with Crippen LogP contribution in [0.15, 0.2) is 53.6 Å². The molecule has 0 aliphatic heterocycles. The first-order valence-corrected chi connectivity index (χ1v) is 10.1. The van der Waals surface area contributed by atoms with Gasteiger partial charge in [0.25, 0.3) is 0 Å². The lowest BCUT2D eigenvalue weighted by molar-refractivity contribution is -0.116. The zero-order chi connectivity index (χ0) is 20.4. The van der Waals surface area contributed by atoms with Gasteiger partial charge in [0, 0.05) is 25.9 Å². The van der Waals surface area contributed by atoms with Gasteiger partial charge in [-0.3, -0.25) is 9.78 Å². The molecule has 1 aromatic carbocycles. The highest BCUT2D eigenvalue weighted by Gasteiger charge is 2.16. The van der Waals surface area contributed by atoms with Gasteiger partial charge in [0.2, 0.25) is 15.9 Å². The summed E-state index contributed by atoms with van der Waals surface area (Å²) in [6.45, 7) is 0.861. The van der Waals surface area contributed by atoms with Crippen molar-refractivity contribution in [3.05, 3.63) is 59.9 Å². The van der Waals surface area contributed by atoms with E-state index in [4.69, 9.17) is 14.6 Å². The summed E-state index contributed by atoms with van der Waals surface area (Å²) >= 11 is 0. The van der Waals surface area contributed by atoms with Gasteiger partial charge in [-0.05, 0) is 42.3 Å². The van der Waals surface area contributed by atoms with Crippen LogP contribution >= 0.6 is 0 Å². The quantitative estimate of drug-likeness (QED) is 0.451. The van der Waals surface area contributed by atoms with Crippen LogP contribution in [0.4, 0.5) is 0 Å². The van der Waals surface area contributed by atoms with Crippen molar-refractivity contribution in [3.63, 3.8) is 0 Å². The number of aromatic nitrogens is 1. The molecule has 1 heterocycles. The molecule has 28 heavy (non-hydrogen) atoms. The Balaban J connectivity index is 1.94. The number of nitrogens with two attached hydrogens (primary N) is 1. The molecule has 0 fully saturated rings. The Morgan fingerprint density at radius 2 is 2.07 bits per heavy atom. The molecule has 1 aromatic heterocycles. The van der Waals surface area contributed by atoms with E-state index in [0.29, 0.717) is 30.8 Å². The number of sulfonamides is 1. The summed E-state index contributed by atoms with van der Waals surface area (Å²) in [5.41, 5.74) is 1.39. The Hall–Kier alpha value is -2.75. The number of primary sulfonamides is 1. The molecule has 0 unspecified atom stereocenters. The summed E-state index contributed by atoms with van der Waals surface area (Å²) < 4.78 is 33.9. The topological polar surface area (TPSA) is 121 Å². The molecule has 2 rings (SSSR count). The molecule has 2 aromatic rings. The number of hydrogen-bond donors (Lipinski definition) is 2. The van der Waals surface area contributed by atoms with Crippen LogP contribution in [0.5, 0.6) is 5.75 Å². The lowest BCUT2D eigenvalue weighted by Crippen LogP contribution is -2.23. The minimum Gasteiger partial charge on any atom is -0.490 e. The van der Waals surface area contributed by atoms with Crippen LogP contribution in [0.3, 0.4) is 0 Å². The van der Waals surface area contributed by atoms with Crippen molar-refractivity contribution in [1.29, 1.82) is 0 Å². The Labute approximate surface area is 164 Å². The number of carbonyl (C=O) groups excluding carboxylic acids is 1. The van der Waals surface area contributed by atoms with Crippen LogP contribution in [0.25, 0.3) is 6.08 Å². The third-order valence-electron chi connectivity index (χ3n) is 3.67. The van der Waals surface area contributed by atoms with Crippen LogP contribution in [0.1, 0.15) is 11.3 Å². The lowest BCUT2D eigenvalue weighted by Gasteiger charge is -2.12. The average molecular weight is 405 g/mol. The minimum atomic E-state index is -3.95. The van der Waals surface area contributed by atoms with E-state index >= 15 is 0 Å². The van der Waals surface area contributed by atoms with Gasteiger partial charge in [-0.25, -0.2) is 13.6 Å². The maximum absolute atomic E-state index is 11.9. The molecule has 9 heteroatoms. The van der Waals surface area contributed by atoms with E-state index in [0.717, 1.165) is 0 Å². The van der Waals surface area contributed by atoms with Crippen molar-refractivity contribution in [1.82, 2.24) is 10.3 Å². The number of nitrogens with one attached hydrogen (secondary N) is 1. The smallest absolute Gasteiger partial charge is 0.244 e. The fraction of sp³-hybridized carbons (Fsp3) is 0.263. The molecule has 0 aliphatic rings. The van der Waals surface area contributed by atoms with E-state index < -0.39 is 10.0 Å². The molecule has 0 saturated carbocycles. The zero-order valence-electron chi connectivity index (χ0n) is 15.5. The van der Waals surface area contributed by atoms with Gasteiger partial charge < -0.3 is 14.8 Å². The highest BCUT2D eigenvalue weighted by atomic mass is 32.2. The molecule has 150 valence electrons. The molecular weight excluding hydrogens is 382 g/mol. The maximum atomic E-state index is 11.9. The van der Waals surface area contributed by atoms with E-state index in [2.05, 4.69) is 10.3 Å². The molecular formula is C19H23N3O5S. The van der Waals surface area contributed by atoms with Crippen molar-refractivity contribution in [2.24, 2.45) is 5.14 Å². The predicted octanol–water partition coefficient (Wildman–Crippen LogP) is 1.13. The summed E-state index contributed by atoms with van der Waals surface area (Å²) in [5, 5.41) is 8.01. The van der Waals surface area contributed by atoms with Crippen molar-refractivity contribution in [3.8, 4) is 5.75 Å². The molecule has 0 saturated heterocycles. The number of carbonyl (C=O) groups is 1. The molecule has 3 N–H and O–H groups in total. The van der Waals surface area contributed by atoms with E-state index in [1.807, 2.05) is 6.07 Å². The highest BCUT2D eigenvalue weighted by molar-refractivity contribution is 7.89. The first-order valence-electron chi connectivity index (χ1n) is 8.54. The van der Waals surface area contributed by atoms with E-state index in [-0.39, 0.29) is 23.2 Å². The Morgan fingerprint density at radius 1 is 1.25 bits per heavy atom. The van der Waals surface area contributed by atoms with Gasteiger partial charge in [0.15, 0.2) is 0 Å². The number of ether oxygens (including phenoxy) is 2. The largest absolute Gasteiger partial charge is 0.490 e. The van der Waals surface area contributed by atoms with Gasteiger partial charge in [0.1, 0.15) is 17.3 Å². The number of rotatable bonds is 10. The molecule has 0 atom stereocenters. The number of hydrogen-bond acceptors (Lipinski definition) is 6. The Bertz CT molecular complexity index is 914. The molecule has 0 radical (unpaired) electrons. The number of methoxy groups -OCH3 is 1. The second kappa shape index (κ2) is 10.5. The van der Waals surface area contributed by atoms with Crippen LogP contribution < -0.4 is 15.2 Å². The second-order valence-electron chi connectivity index (χ2n) is 5.80. The number of nitrogens with zero attached hydrogens (tertiary/aromatic N) is 1. The minimum absolute atomic E-state index is 0.0949. The third-order valence-corrected chi connectivity index (χ3v) is 4.60. The van der Waals surface area contributed by atoms with E-state index in [1.54, 1.807) is 36.5 Å². The van der Waals surface area contributed by atoms with Gasteiger partial charge in [-0.15, -0.1) is 0 Å². The molecule has 1 amide bonds. The summed E-state index contributed by atoms with van der Waals surface area (Å²) in [7, 11) is -2.42. The normalized spacial score (nSPS) is 11.5.